The van der Waals surface area contributed by atoms with Crippen molar-refractivity contribution in [2.75, 3.05) is 5.32 Å². The van der Waals surface area contributed by atoms with Crippen molar-refractivity contribution < 1.29 is 9.13 Å². The van der Waals surface area contributed by atoms with Gasteiger partial charge in [0.15, 0.2) is 0 Å². The summed E-state index contributed by atoms with van der Waals surface area (Å²) in [4.78, 5) is 0. The Morgan fingerprint density at radius 3 is 2.37 bits per heavy atom. The highest BCUT2D eigenvalue weighted by Crippen LogP contribution is 2.34. The molecule has 0 spiro atoms. The number of rotatable bonds is 6. The topological polar surface area (TPSA) is 21.3 Å². The standard InChI is InChI=1S/C21H17Br3FNO/c1-13-8-16(22)4-7-20(13)26-11-15-9-17(23)10-19(24)21(15)27-12-14-2-5-18(25)6-3-14/h2-10,26H,11-12H2,1H3. The number of aryl methyl sites for hydroxylation is 1. The van der Waals surface area contributed by atoms with Crippen LogP contribution in [0.15, 0.2) is 68.0 Å². The van der Waals surface area contributed by atoms with Gasteiger partial charge in [0.1, 0.15) is 18.2 Å². The number of nitrogens with one attached hydrogen (secondary N) is 1. The van der Waals surface area contributed by atoms with Crippen LogP contribution >= 0.6 is 47.8 Å². The van der Waals surface area contributed by atoms with Gasteiger partial charge in [0.25, 0.3) is 0 Å². The second-order valence-corrected chi connectivity index (χ2v) is 8.79. The molecular formula is C21H17Br3FNO. The summed E-state index contributed by atoms with van der Waals surface area (Å²) in [5.41, 5.74) is 4.15. The monoisotopic (exact) mass is 555 g/mol. The minimum atomic E-state index is -0.252. The van der Waals surface area contributed by atoms with Crippen LogP contribution in [-0.2, 0) is 13.2 Å². The third-order valence-corrected chi connectivity index (χ3v) is 5.58. The fraction of sp³-hybridized carbons (Fsp3) is 0.143. The van der Waals surface area contributed by atoms with Crippen LogP contribution in [0.2, 0.25) is 0 Å². The van der Waals surface area contributed by atoms with E-state index in [9.17, 15) is 4.39 Å². The Labute approximate surface area is 183 Å². The van der Waals surface area contributed by atoms with Crippen LogP contribution < -0.4 is 10.1 Å². The molecule has 3 aromatic carbocycles. The summed E-state index contributed by atoms with van der Waals surface area (Å²) in [6.07, 6.45) is 0. The number of anilines is 1. The molecule has 0 unspecified atom stereocenters. The number of ether oxygens (including phenoxy) is 1. The third kappa shape index (κ3) is 5.56. The minimum absolute atomic E-state index is 0.252. The lowest BCUT2D eigenvalue weighted by Gasteiger charge is -2.16. The van der Waals surface area contributed by atoms with E-state index in [2.05, 4.69) is 66.1 Å². The summed E-state index contributed by atoms with van der Waals surface area (Å²) in [7, 11) is 0. The van der Waals surface area contributed by atoms with E-state index < -0.39 is 0 Å². The molecule has 0 bridgehead atoms. The molecule has 6 heteroatoms. The molecule has 0 fully saturated rings. The Morgan fingerprint density at radius 1 is 0.926 bits per heavy atom. The van der Waals surface area contributed by atoms with Crippen molar-refractivity contribution in [3.8, 4) is 5.75 Å². The van der Waals surface area contributed by atoms with Crippen LogP contribution in [0.25, 0.3) is 0 Å². The van der Waals surface area contributed by atoms with Crippen molar-refractivity contribution in [1.82, 2.24) is 0 Å². The number of hydrogen-bond acceptors (Lipinski definition) is 2. The van der Waals surface area contributed by atoms with Crippen molar-refractivity contribution in [1.29, 1.82) is 0 Å². The molecule has 0 aliphatic rings. The van der Waals surface area contributed by atoms with E-state index in [-0.39, 0.29) is 5.82 Å². The second kappa shape index (κ2) is 9.22. The number of benzene rings is 3. The van der Waals surface area contributed by atoms with E-state index in [0.717, 1.165) is 41.5 Å². The van der Waals surface area contributed by atoms with Gasteiger partial charge < -0.3 is 10.1 Å². The lowest BCUT2D eigenvalue weighted by molar-refractivity contribution is 0.301. The van der Waals surface area contributed by atoms with Crippen LogP contribution in [0.3, 0.4) is 0 Å². The molecule has 27 heavy (non-hydrogen) atoms. The van der Waals surface area contributed by atoms with E-state index in [0.29, 0.717) is 13.2 Å². The van der Waals surface area contributed by atoms with E-state index in [1.54, 1.807) is 12.1 Å². The van der Waals surface area contributed by atoms with Crippen molar-refractivity contribution in [2.45, 2.75) is 20.1 Å². The van der Waals surface area contributed by atoms with Gasteiger partial charge in [0.2, 0.25) is 0 Å². The summed E-state index contributed by atoms with van der Waals surface area (Å²) in [5, 5.41) is 3.46. The molecule has 0 aromatic heterocycles. The fourth-order valence-electron chi connectivity index (χ4n) is 2.66. The molecule has 3 aromatic rings. The first-order valence-corrected chi connectivity index (χ1v) is 10.7. The van der Waals surface area contributed by atoms with Crippen LogP contribution in [0, 0.1) is 12.7 Å². The molecule has 0 saturated heterocycles. The normalized spacial score (nSPS) is 10.7. The second-order valence-electron chi connectivity index (χ2n) is 6.10. The maximum Gasteiger partial charge on any atom is 0.139 e. The Morgan fingerprint density at radius 2 is 1.67 bits per heavy atom. The first-order chi connectivity index (χ1) is 12.9. The van der Waals surface area contributed by atoms with E-state index in [1.165, 1.54) is 12.1 Å². The summed E-state index contributed by atoms with van der Waals surface area (Å²) in [6, 6.07) is 16.5. The molecule has 0 atom stereocenters. The van der Waals surface area contributed by atoms with Gasteiger partial charge in [-0.2, -0.15) is 0 Å². The van der Waals surface area contributed by atoms with Gasteiger partial charge in [-0.25, -0.2) is 4.39 Å². The maximum atomic E-state index is 13.1. The molecule has 0 radical (unpaired) electrons. The average Bonchev–Trinajstić information content (AvgIpc) is 2.61. The number of halogens is 4. The zero-order valence-corrected chi connectivity index (χ0v) is 19.3. The largest absolute Gasteiger partial charge is 0.487 e. The summed E-state index contributed by atoms with van der Waals surface area (Å²) >= 11 is 10.6. The highest BCUT2D eigenvalue weighted by molar-refractivity contribution is 9.11. The smallest absolute Gasteiger partial charge is 0.139 e. The zero-order chi connectivity index (χ0) is 19.4. The van der Waals surface area contributed by atoms with Gasteiger partial charge in [-0.1, -0.05) is 44.0 Å². The molecule has 0 heterocycles. The van der Waals surface area contributed by atoms with Gasteiger partial charge in [0, 0.05) is 26.7 Å². The van der Waals surface area contributed by atoms with Crippen molar-refractivity contribution >= 4 is 53.5 Å². The Hall–Kier alpha value is -1.37. The highest BCUT2D eigenvalue weighted by atomic mass is 79.9. The molecule has 0 saturated carbocycles. The van der Waals surface area contributed by atoms with Gasteiger partial charge in [-0.05, 0) is 76.4 Å². The minimum Gasteiger partial charge on any atom is -0.487 e. The fourth-order valence-corrected chi connectivity index (χ4v) is 4.56. The molecule has 0 aliphatic heterocycles. The molecule has 0 amide bonds. The van der Waals surface area contributed by atoms with E-state index in [4.69, 9.17) is 4.74 Å². The van der Waals surface area contributed by atoms with Gasteiger partial charge in [0.05, 0.1) is 4.47 Å². The van der Waals surface area contributed by atoms with Crippen LogP contribution in [0.1, 0.15) is 16.7 Å². The van der Waals surface area contributed by atoms with Gasteiger partial charge in [-0.15, -0.1) is 0 Å². The summed E-state index contributed by atoms with van der Waals surface area (Å²) in [6.45, 7) is 3.04. The maximum absolute atomic E-state index is 13.1. The Kier molecular flexibility index (Phi) is 6.95. The van der Waals surface area contributed by atoms with Crippen LogP contribution in [-0.4, -0.2) is 0 Å². The van der Waals surface area contributed by atoms with Crippen LogP contribution in [0.5, 0.6) is 5.75 Å². The first kappa shape index (κ1) is 20.4. The van der Waals surface area contributed by atoms with Crippen molar-refractivity contribution in [3.63, 3.8) is 0 Å². The first-order valence-electron chi connectivity index (χ1n) is 8.27. The van der Waals surface area contributed by atoms with Crippen LogP contribution in [0.4, 0.5) is 10.1 Å². The molecular weight excluding hydrogens is 541 g/mol. The summed E-state index contributed by atoms with van der Waals surface area (Å²) < 4.78 is 22.0. The predicted octanol–water partition coefficient (Wildman–Crippen LogP) is 7.61. The molecule has 0 aliphatic carbocycles. The van der Waals surface area contributed by atoms with Gasteiger partial charge >= 0.3 is 0 Å². The predicted molar refractivity (Wildman–Crippen MR) is 119 cm³/mol. The van der Waals surface area contributed by atoms with E-state index >= 15 is 0 Å². The molecule has 1 N–H and O–H groups in total. The number of hydrogen-bond donors (Lipinski definition) is 1. The highest BCUT2D eigenvalue weighted by Gasteiger charge is 2.11. The Balaban J connectivity index is 1.78. The lowest BCUT2D eigenvalue weighted by atomic mass is 10.1. The van der Waals surface area contributed by atoms with Gasteiger partial charge in [-0.3, -0.25) is 0 Å². The quantitative estimate of drug-likeness (QED) is 0.337. The summed E-state index contributed by atoms with van der Waals surface area (Å²) in [5.74, 6) is 0.517. The third-order valence-electron chi connectivity index (χ3n) is 4.04. The SMILES string of the molecule is Cc1cc(Br)ccc1NCc1cc(Br)cc(Br)c1OCc1ccc(F)cc1. The lowest BCUT2D eigenvalue weighted by Crippen LogP contribution is -2.05. The zero-order valence-electron chi connectivity index (χ0n) is 14.5. The van der Waals surface area contributed by atoms with Crippen molar-refractivity contribution in [2.24, 2.45) is 0 Å². The molecule has 2 nitrogen and oxygen atoms in total. The molecule has 140 valence electrons. The average molecular weight is 558 g/mol. The molecule has 3 rings (SSSR count). The van der Waals surface area contributed by atoms with E-state index in [1.807, 2.05) is 24.3 Å². The van der Waals surface area contributed by atoms with Crippen molar-refractivity contribution in [3.05, 3.63) is 90.5 Å². The Bertz CT molecular complexity index is 945.